The predicted octanol–water partition coefficient (Wildman–Crippen LogP) is 3.02. The van der Waals surface area contributed by atoms with E-state index < -0.39 is 10.0 Å². The molecular formula is C23H23N5O4S2. The van der Waals surface area contributed by atoms with Crippen LogP contribution in [-0.2, 0) is 19.6 Å². The smallest absolute Gasteiger partial charge is 0.243 e. The van der Waals surface area contributed by atoms with Gasteiger partial charge in [0.2, 0.25) is 15.9 Å². The number of para-hydroxylation sites is 1. The van der Waals surface area contributed by atoms with Gasteiger partial charge in [0.1, 0.15) is 0 Å². The molecule has 0 bridgehead atoms. The standard InChI is InChI=1S/C23H23N5O4S2/c29-22(24-18-6-8-19(9-7-18)34(30,31)27-12-14-32-15-13-27)11-16-33-23-26-25-21-10-5-17-3-1-2-4-20(17)28(21)23/h1-10H,11-16H2,(H,24,29). The van der Waals surface area contributed by atoms with Gasteiger partial charge >= 0.3 is 0 Å². The number of aromatic nitrogens is 3. The average Bonchev–Trinajstić information content (AvgIpc) is 3.28. The van der Waals surface area contributed by atoms with Crippen molar-refractivity contribution in [2.75, 3.05) is 37.4 Å². The van der Waals surface area contributed by atoms with Crippen molar-refractivity contribution in [3.63, 3.8) is 0 Å². The summed E-state index contributed by atoms with van der Waals surface area (Å²) in [7, 11) is -3.56. The van der Waals surface area contributed by atoms with E-state index in [0.717, 1.165) is 21.7 Å². The highest BCUT2D eigenvalue weighted by atomic mass is 32.2. The number of sulfonamides is 1. The lowest BCUT2D eigenvalue weighted by atomic mass is 10.2. The second kappa shape index (κ2) is 9.71. The van der Waals surface area contributed by atoms with Crippen molar-refractivity contribution in [1.82, 2.24) is 18.9 Å². The largest absolute Gasteiger partial charge is 0.379 e. The van der Waals surface area contributed by atoms with Gasteiger partial charge in [-0.1, -0.05) is 30.0 Å². The van der Waals surface area contributed by atoms with Crippen molar-refractivity contribution in [2.45, 2.75) is 16.5 Å². The summed E-state index contributed by atoms with van der Waals surface area (Å²) in [5.41, 5.74) is 2.33. The Balaban J connectivity index is 1.19. The molecule has 1 aliphatic rings. The van der Waals surface area contributed by atoms with Crippen LogP contribution in [0.3, 0.4) is 0 Å². The van der Waals surface area contributed by atoms with E-state index in [1.807, 2.05) is 40.8 Å². The number of thioether (sulfide) groups is 1. The highest BCUT2D eigenvalue weighted by Gasteiger charge is 2.26. The number of carbonyl (C=O) groups excluding carboxylic acids is 1. The van der Waals surface area contributed by atoms with Crippen LogP contribution in [0.5, 0.6) is 0 Å². The first kappa shape index (κ1) is 22.8. The Kier molecular flexibility index (Phi) is 6.50. The lowest BCUT2D eigenvalue weighted by molar-refractivity contribution is -0.115. The molecule has 34 heavy (non-hydrogen) atoms. The number of pyridine rings is 1. The maximum Gasteiger partial charge on any atom is 0.243 e. The van der Waals surface area contributed by atoms with Crippen LogP contribution in [0.2, 0.25) is 0 Å². The molecule has 11 heteroatoms. The Labute approximate surface area is 201 Å². The summed E-state index contributed by atoms with van der Waals surface area (Å²) >= 11 is 1.47. The summed E-state index contributed by atoms with van der Waals surface area (Å²) in [6.45, 7) is 1.48. The first-order chi connectivity index (χ1) is 16.5. The Morgan fingerprint density at radius 3 is 2.56 bits per heavy atom. The lowest BCUT2D eigenvalue weighted by Crippen LogP contribution is -2.40. The molecule has 1 fully saturated rings. The van der Waals surface area contributed by atoms with Crippen LogP contribution in [0.4, 0.5) is 5.69 Å². The summed E-state index contributed by atoms with van der Waals surface area (Å²) in [6.07, 6.45) is 0.276. The molecule has 0 saturated carbocycles. The van der Waals surface area contributed by atoms with Crippen LogP contribution in [-0.4, -0.2) is 65.3 Å². The molecule has 1 N–H and O–H groups in total. The van der Waals surface area contributed by atoms with E-state index in [1.165, 1.54) is 28.2 Å². The number of hydrogen-bond donors (Lipinski definition) is 1. The molecule has 0 unspecified atom stereocenters. The quantitative estimate of drug-likeness (QED) is 0.391. The Hall–Kier alpha value is -2.99. The van der Waals surface area contributed by atoms with Gasteiger partial charge in [-0.25, -0.2) is 8.42 Å². The molecule has 2 aromatic heterocycles. The second-order valence-corrected chi connectivity index (χ2v) is 10.8. The Bertz CT molecular complexity index is 1430. The van der Waals surface area contributed by atoms with Crippen molar-refractivity contribution in [3.05, 3.63) is 60.7 Å². The first-order valence-electron chi connectivity index (χ1n) is 10.9. The van der Waals surface area contributed by atoms with Crippen LogP contribution in [0, 0.1) is 0 Å². The van der Waals surface area contributed by atoms with Gasteiger partial charge < -0.3 is 10.1 Å². The number of rotatable bonds is 7. The molecule has 2 aromatic carbocycles. The van der Waals surface area contributed by atoms with Gasteiger partial charge in [0.25, 0.3) is 0 Å². The van der Waals surface area contributed by atoms with Crippen molar-refractivity contribution in [1.29, 1.82) is 0 Å². The normalized spacial score (nSPS) is 15.1. The topological polar surface area (TPSA) is 106 Å². The van der Waals surface area contributed by atoms with Crippen LogP contribution >= 0.6 is 11.8 Å². The molecule has 176 valence electrons. The molecule has 5 rings (SSSR count). The van der Waals surface area contributed by atoms with Gasteiger partial charge in [-0.05, 0) is 47.9 Å². The molecule has 1 amide bonds. The highest BCUT2D eigenvalue weighted by molar-refractivity contribution is 7.99. The molecule has 1 saturated heterocycles. The molecule has 4 aromatic rings. The van der Waals surface area contributed by atoms with Crippen molar-refractivity contribution < 1.29 is 17.9 Å². The molecule has 0 spiro atoms. The summed E-state index contributed by atoms with van der Waals surface area (Å²) in [6, 6.07) is 18.2. The molecule has 3 heterocycles. The van der Waals surface area contributed by atoms with E-state index in [2.05, 4.69) is 15.5 Å². The summed E-state index contributed by atoms with van der Waals surface area (Å²) in [5, 5.41) is 13.1. The van der Waals surface area contributed by atoms with Crippen molar-refractivity contribution >= 4 is 49.9 Å². The van der Waals surface area contributed by atoms with Gasteiger partial charge in [0.05, 0.1) is 23.6 Å². The molecule has 0 aliphatic carbocycles. The minimum absolute atomic E-state index is 0.157. The fraction of sp³-hybridized carbons (Fsp3) is 0.261. The second-order valence-electron chi connectivity index (χ2n) is 7.76. The average molecular weight is 498 g/mol. The molecule has 0 atom stereocenters. The molecule has 1 aliphatic heterocycles. The maximum atomic E-state index is 12.7. The zero-order valence-electron chi connectivity index (χ0n) is 18.3. The van der Waals surface area contributed by atoms with Crippen LogP contribution < -0.4 is 5.32 Å². The maximum absolute atomic E-state index is 12.7. The Morgan fingerprint density at radius 1 is 1.00 bits per heavy atom. The van der Waals surface area contributed by atoms with Crippen LogP contribution in [0.1, 0.15) is 6.42 Å². The van der Waals surface area contributed by atoms with E-state index in [1.54, 1.807) is 12.1 Å². The number of carbonyl (C=O) groups is 1. The Morgan fingerprint density at radius 2 is 1.76 bits per heavy atom. The fourth-order valence-electron chi connectivity index (χ4n) is 3.81. The number of ether oxygens (including phenoxy) is 1. The third kappa shape index (κ3) is 4.64. The van der Waals surface area contributed by atoms with Gasteiger partial charge in [-0.3, -0.25) is 9.20 Å². The van der Waals surface area contributed by atoms with E-state index in [0.29, 0.717) is 37.7 Å². The van der Waals surface area contributed by atoms with Gasteiger partial charge in [0, 0.05) is 31.0 Å². The van der Waals surface area contributed by atoms with Crippen LogP contribution in [0.15, 0.2) is 70.7 Å². The zero-order valence-corrected chi connectivity index (χ0v) is 19.9. The SMILES string of the molecule is O=C(CCSc1nnc2ccc3ccccc3n12)Nc1ccc(S(=O)(=O)N2CCOCC2)cc1. The first-order valence-corrected chi connectivity index (χ1v) is 13.3. The van der Waals surface area contributed by atoms with Crippen molar-refractivity contribution in [2.24, 2.45) is 0 Å². The van der Waals surface area contributed by atoms with Gasteiger partial charge in [-0.15, -0.1) is 10.2 Å². The molecular weight excluding hydrogens is 474 g/mol. The van der Waals surface area contributed by atoms with Crippen molar-refractivity contribution in [3.8, 4) is 0 Å². The lowest BCUT2D eigenvalue weighted by Gasteiger charge is -2.26. The third-order valence-corrected chi connectivity index (χ3v) is 8.40. The minimum atomic E-state index is -3.56. The van der Waals surface area contributed by atoms with E-state index in [9.17, 15) is 13.2 Å². The summed E-state index contributed by atoms with van der Waals surface area (Å²) in [5.74, 6) is 0.370. The molecule has 0 radical (unpaired) electrons. The number of nitrogens with one attached hydrogen (secondary N) is 1. The number of fused-ring (bicyclic) bond motifs is 3. The van der Waals surface area contributed by atoms with Gasteiger partial charge in [-0.2, -0.15) is 4.31 Å². The predicted molar refractivity (Wildman–Crippen MR) is 130 cm³/mol. The van der Waals surface area contributed by atoms with E-state index >= 15 is 0 Å². The fourth-order valence-corrected chi connectivity index (χ4v) is 6.11. The third-order valence-electron chi connectivity index (χ3n) is 5.55. The number of anilines is 1. The van der Waals surface area contributed by atoms with Gasteiger partial charge in [0.15, 0.2) is 10.8 Å². The number of nitrogens with zero attached hydrogens (tertiary/aromatic N) is 4. The summed E-state index contributed by atoms with van der Waals surface area (Å²) < 4.78 is 34.1. The monoisotopic (exact) mass is 497 g/mol. The highest BCUT2D eigenvalue weighted by Crippen LogP contribution is 2.24. The number of hydrogen-bond acceptors (Lipinski definition) is 7. The number of morpholine rings is 1. The van der Waals surface area contributed by atoms with Crippen LogP contribution in [0.25, 0.3) is 16.6 Å². The zero-order chi connectivity index (χ0) is 23.5. The van der Waals surface area contributed by atoms with E-state index in [4.69, 9.17) is 4.74 Å². The minimum Gasteiger partial charge on any atom is -0.379 e. The number of amides is 1. The number of benzene rings is 2. The summed E-state index contributed by atoms with van der Waals surface area (Å²) in [4.78, 5) is 12.6. The van der Waals surface area contributed by atoms with E-state index in [-0.39, 0.29) is 17.2 Å². The molecule has 9 nitrogen and oxygen atoms in total.